The van der Waals surface area contributed by atoms with Crippen LogP contribution in [0.2, 0.25) is 0 Å². The number of hydrogen-bond acceptors (Lipinski definition) is 5. The third kappa shape index (κ3) is 2.97. The summed E-state index contributed by atoms with van der Waals surface area (Å²) >= 11 is 0. The largest absolute Gasteiger partial charge is 0.427 e. The molecule has 0 N–H and O–H groups in total. The summed E-state index contributed by atoms with van der Waals surface area (Å²) in [6, 6.07) is 3.57. The van der Waals surface area contributed by atoms with Crippen LogP contribution >= 0.6 is 0 Å². The van der Waals surface area contributed by atoms with Crippen molar-refractivity contribution in [1.29, 1.82) is 0 Å². The Hall–Kier alpha value is -2.17. The number of carbonyl (C=O) groups excluding carboxylic acids is 3. The number of ketones is 1. The van der Waals surface area contributed by atoms with Gasteiger partial charge in [0.1, 0.15) is 17.3 Å². The molecule has 4 rings (SSSR count). The Morgan fingerprint density at radius 2 is 1.78 bits per heavy atom. The highest BCUT2D eigenvalue weighted by molar-refractivity contribution is 5.87. The first-order valence-corrected chi connectivity index (χ1v) is 9.86. The molecule has 27 heavy (non-hydrogen) atoms. The quantitative estimate of drug-likeness (QED) is 0.582. The summed E-state index contributed by atoms with van der Waals surface area (Å²) in [6.07, 6.45) is 5.36. The lowest BCUT2D eigenvalue weighted by Gasteiger charge is -2.48. The molecule has 1 aromatic rings. The molecule has 1 aromatic carbocycles. The van der Waals surface area contributed by atoms with Crippen molar-refractivity contribution in [1.82, 2.24) is 0 Å². The average molecular weight is 370 g/mol. The Morgan fingerprint density at radius 3 is 2.48 bits per heavy atom. The molecule has 0 aliphatic heterocycles. The number of rotatable bonds is 2. The molecule has 0 bridgehead atoms. The fraction of sp³-hybridized carbons (Fsp3) is 0.591. The molecule has 2 saturated carbocycles. The molecular weight excluding hydrogens is 344 g/mol. The van der Waals surface area contributed by atoms with Crippen LogP contribution in [0.5, 0.6) is 11.5 Å². The van der Waals surface area contributed by atoms with Crippen LogP contribution in [0.15, 0.2) is 12.1 Å². The molecular formula is C22H26O5. The summed E-state index contributed by atoms with van der Waals surface area (Å²) in [6.45, 7) is 4.90. The summed E-state index contributed by atoms with van der Waals surface area (Å²) in [7, 11) is 0. The van der Waals surface area contributed by atoms with E-state index in [0.29, 0.717) is 41.5 Å². The average Bonchev–Trinajstić information content (AvgIpc) is 2.88. The third-order valence-electron chi connectivity index (χ3n) is 6.98. The van der Waals surface area contributed by atoms with Gasteiger partial charge in [0, 0.05) is 37.3 Å². The first-order chi connectivity index (χ1) is 12.8. The molecule has 5 heteroatoms. The molecule has 0 aromatic heterocycles. The molecule has 3 aliphatic carbocycles. The van der Waals surface area contributed by atoms with E-state index in [1.54, 1.807) is 6.07 Å². The topological polar surface area (TPSA) is 69.7 Å². The van der Waals surface area contributed by atoms with Crippen molar-refractivity contribution in [2.45, 2.75) is 65.2 Å². The van der Waals surface area contributed by atoms with Crippen LogP contribution in [0.3, 0.4) is 0 Å². The summed E-state index contributed by atoms with van der Waals surface area (Å²) < 4.78 is 10.8. The van der Waals surface area contributed by atoms with Crippen LogP contribution in [-0.4, -0.2) is 17.7 Å². The highest BCUT2D eigenvalue weighted by Crippen LogP contribution is 2.60. The van der Waals surface area contributed by atoms with Crippen molar-refractivity contribution < 1.29 is 23.9 Å². The summed E-state index contributed by atoms with van der Waals surface area (Å²) in [5.41, 5.74) is 2.00. The minimum Gasteiger partial charge on any atom is -0.427 e. The van der Waals surface area contributed by atoms with Gasteiger partial charge in [-0.15, -0.1) is 0 Å². The molecule has 0 heterocycles. The minimum absolute atomic E-state index is 0.183. The van der Waals surface area contributed by atoms with Crippen LogP contribution in [0.1, 0.15) is 69.9 Å². The second kappa shape index (κ2) is 6.47. The molecule has 0 saturated heterocycles. The van der Waals surface area contributed by atoms with Crippen molar-refractivity contribution in [2.24, 2.45) is 17.3 Å². The Morgan fingerprint density at radius 1 is 1.04 bits per heavy atom. The molecule has 0 amide bonds. The van der Waals surface area contributed by atoms with Crippen molar-refractivity contribution >= 4 is 17.7 Å². The molecule has 0 unspecified atom stereocenters. The van der Waals surface area contributed by atoms with E-state index in [0.717, 1.165) is 43.2 Å². The monoisotopic (exact) mass is 370 g/mol. The fourth-order valence-corrected chi connectivity index (χ4v) is 5.89. The van der Waals surface area contributed by atoms with E-state index in [1.165, 1.54) is 13.8 Å². The third-order valence-corrected chi connectivity index (χ3v) is 6.98. The summed E-state index contributed by atoms with van der Waals surface area (Å²) in [4.78, 5) is 35.6. The Kier molecular flexibility index (Phi) is 4.36. The lowest BCUT2D eigenvalue weighted by Crippen LogP contribution is -2.42. The van der Waals surface area contributed by atoms with Crippen LogP contribution in [-0.2, 0) is 20.8 Å². The van der Waals surface area contributed by atoms with Crippen LogP contribution in [0.4, 0.5) is 0 Å². The van der Waals surface area contributed by atoms with Crippen molar-refractivity contribution in [3.05, 3.63) is 23.3 Å². The van der Waals surface area contributed by atoms with E-state index in [1.807, 2.05) is 6.07 Å². The number of benzene rings is 1. The Bertz CT molecular complexity index is 826. The number of hydrogen-bond donors (Lipinski definition) is 0. The number of Topliss-reactive ketones (excluding diaryl/α,β-unsaturated/α-hetero) is 1. The van der Waals surface area contributed by atoms with E-state index in [4.69, 9.17) is 9.47 Å². The lowest BCUT2D eigenvalue weighted by molar-refractivity contribution is -0.132. The van der Waals surface area contributed by atoms with Crippen LogP contribution in [0.25, 0.3) is 0 Å². The predicted molar refractivity (Wildman–Crippen MR) is 98.7 cm³/mol. The van der Waals surface area contributed by atoms with Crippen molar-refractivity contribution in [2.75, 3.05) is 0 Å². The van der Waals surface area contributed by atoms with Gasteiger partial charge in [-0.2, -0.15) is 0 Å². The fourth-order valence-electron chi connectivity index (χ4n) is 5.89. The maximum atomic E-state index is 12.5. The maximum absolute atomic E-state index is 12.5. The van der Waals surface area contributed by atoms with Gasteiger partial charge < -0.3 is 9.47 Å². The van der Waals surface area contributed by atoms with Crippen LogP contribution in [0, 0.1) is 17.3 Å². The number of carbonyl (C=O) groups is 3. The van der Waals surface area contributed by atoms with Crippen LogP contribution < -0.4 is 9.47 Å². The number of ether oxygens (including phenoxy) is 2. The highest BCUT2D eigenvalue weighted by Gasteiger charge is 2.55. The van der Waals surface area contributed by atoms with E-state index in [-0.39, 0.29) is 11.4 Å². The number of esters is 2. The first-order valence-electron chi connectivity index (χ1n) is 9.86. The molecule has 2 fully saturated rings. The molecule has 0 radical (unpaired) electrons. The highest BCUT2D eigenvalue weighted by atomic mass is 16.5. The van der Waals surface area contributed by atoms with Gasteiger partial charge in [-0.25, -0.2) is 0 Å². The number of aryl methyl sites for hydroxylation is 1. The molecule has 4 atom stereocenters. The van der Waals surface area contributed by atoms with Gasteiger partial charge in [-0.05, 0) is 61.5 Å². The van der Waals surface area contributed by atoms with E-state index in [2.05, 4.69) is 6.92 Å². The predicted octanol–water partition coefficient (Wildman–Crippen LogP) is 3.96. The van der Waals surface area contributed by atoms with Gasteiger partial charge in [-0.3, -0.25) is 14.4 Å². The van der Waals surface area contributed by atoms with Gasteiger partial charge in [-0.1, -0.05) is 6.92 Å². The van der Waals surface area contributed by atoms with E-state index in [9.17, 15) is 14.4 Å². The second-order valence-electron chi connectivity index (χ2n) is 8.52. The minimum atomic E-state index is -0.393. The second-order valence-corrected chi connectivity index (χ2v) is 8.52. The van der Waals surface area contributed by atoms with Gasteiger partial charge in [0.2, 0.25) is 0 Å². The van der Waals surface area contributed by atoms with Crippen molar-refractivity contribution in [3.8, 4) is 11.5 Å². The van der Waals surface area contributed by atoms with Gasteiger partial charge in [0.15, 0.2) is 0 Å². The Balaban J connectivity index is 1.75. The van der Waals surface area contributed by atoms with E-state index < -0.39 is 5.97 Å². The zero-order valence-electron chi connectivity index (χ0n) is 16.2. The van der Waals surface area contributed by atoms with Gasteiger partial charge in [0.05, 0.1) is 0 Å². The SMILES string of the molecule is CC(=O)Oc1cc2c(c(OC(C)=O)c1)[C@H]1CC[C@]3(C)C(=O)CC[C@H]3[C@H]1CC2. The first kappa shape index (κ1) is 18.2. The lowest BCUT2D eigenvalue weighted by atomic mass is 9.55. The van der Waals surface area contributed by atoms with Gasteiger partial charge >= 0.3 is 11.9 Å². The number of fused-ring (bicyclic) bond motifs is 5. The summed E-state index contributed by atoms with van der Waals surface area (Å²) in [5, 5.41) is 0. The molecule has 0 spiro atoms. The molecule has 144 valence electrons. The molecule has 5 nitrogen and oxygen atoms in total. The smallest absolute Gasteiger partial charge is 0.308 e. The standard InChI is InChI=1S/C22H26O5/c1-12(23)26-15-10-14-4-5-16-17(21(14)19(11-15)27-13(2)24)8-9-22(3)18(16)6-7-20(22)25/h10-11,16-18H,4-9H2,1-3H3/t16-,17-,18-,22-/m0/s1. The zero-order valence-corrected chi connectivity index (χ0v) is 16.2. The van der Waals surface area contributed by atoms with E-state index >= 15 is 0 Å². The normalized spacial score (nSPS) is 31.5. The summed E-state index contributed by atoms with van der Waals surface area (Å²) in [5.74, 6) is 1.73. The van der Waals surface area contributed by atoms with Gasteiger partial charge in [0.25, 0.3) is 0 Å². The zero-order chi connectivity index (χ0) is 19.3. The van der Waals surface area contributed by atoms with Crippen molar-refractivity contribution in [3.63, 3.8) is 0 Å². The molecule has 3 aliphatic rings. The maximum Gasteiger partial charge on any atom is 0.308 e. The Labute approximate surface area is 159 Å².